The predicted octanol–water partition coefficient (Wildman–Crippen LogP) is 2.77. The number of carbonyl (C=O) groups excluding carboxylic acids is 1. The molecule has 6 heteroatoms. The number of aromatic nitrogens is 3. The van der Waals surface area contributed by atoms with Gasteiger partial charge in [-0.2, -0.15) is 0 Å². The monoisotopic (exact) mass is 351 g/mol. The Hall–Kier alpha value is -2.50. The fourth-order valence-corrected chi connectivity index (χ4v) is 3.91. The van der Waals surface area contributed by atoms with Crippen molar-refractivity contribution in [2.45, 2.75) is 32.1 Å². The molecule has 136 valence electrons. The molecular formula is C20H25N5O. The summed E-state index contributed by atoms with van der Waals surface area (Å²) in [6.45, 7) is 3.18. The van der Waals surface area contributed by atoms with Gasteiger partial charge in [-0.15, -0.1) is 10.2 Å². The number of carbonyl (C=O) groups is 1. The standard InChI is InChI=1S/C20H25N5O/c26-20(16-6-2-1-3-7-16)25-14-12-24(13-15-25)19-10-9-18(22-23-19)17-8-4-5-11-21-17/h4-5,8-11,16H,1-3,6-7,12-15H2. The van der Waals surface area contributed by atoms with E-state index in [4.69, 9.17) is 0 Å². The summed E-state index contributed by atoms with van der Waals surface area (Å²) in [5.41, 5.74) is 1.61. The number of hydrogen-bond donors (Lipinski definition) is 0. The topological polar surface area (TPSA) is 62.2 Å². The molecule has 1 saturated heterocycles. The molecule has 4 rings (SSSR count). The highest BCUT2D eigenvalue weighted by Gasteiger charge is 2.28. The zero-order valence-electron chi connectivity index (χ0n) is 15.0. The van der Waals surface area contributed by atoms with Crippen LogP contribution in [-0.4, -0.2) is 52.2 Å². The van der Waals surface area contributed by atoms with Crippen LogP contribution < -0.4 is 4.90 Å². The number of amides is 1. The maximum absolute atomic E-state index is 12.7. The Morgan fingerprint density at radius 2 is 1.69 bits per heavy atom. The van der Waals surface area contributed by atoms with Gasteiger partial charge in [-0.3, -0.25) is 9.78 Å². The van der Waals surface area contributed by atoms with Gasteiger partial charge in [0.1, 0.15) is 5.69 Å². The normalized spacial score (nSPS) is 18.8. The van der Waals surface area contributed by atoms with Crippen LogP contribution >= 0.6 is 0 Å². The molecule has 26 heavy (non-hydrogen) atoms. The summed E-state index contributed by atoms with van der Waals surface area (Å²) in [5.74, 6) is 1.49. The summed E-state index contributed by atoms with van der Waals surface area (Å²) >= 11 is 0. The second kappa shape index (κ2) is 7.81. The minimum Gasteiger partial charge on any atom is -0.352 e. The summed E-state index contributed by atoms with van der Waals surface area (Å²) in [4.78, 5) is 21.2. The highest BCUT2D eigenvalue weighted by Crippen LogP contribution is 2.26. The van der Waals surface area contributed by atoms with Crippen LogP contribution in [0.1, 0.15) is 32.1 Å². The van der Waals surface area contributed by atoms with Crippen molar-refractivity contribution < 1.29 is 4.79 Å². The zero-order chi connectivity index (χ0) is 17.8. The largest absolute Gasteiger partial charge is 0.352 e. The van der Waals surface area contributed by atoms with Gasteiger partial charge in [-0.05, 0) is 37.1 Å². The molecule has 0 unspecified atom stereocenters. The minimum atomic E-state index is 0.257. The van der Waals surface area contributed by atoms with Gasteiger partial charge in [0, 0.05) is 38.3 Å². The van der Waals surface area contributed by atoms with Crippen LogP contribution in [0.4, 0.5) is 5.82 Å². The number of hydrogen-bond acceptors (Lipinski definition) is 5. The molecule has 0 bridgehead atoms. The average Bonchev–Trinajstić information content (AvgIpc) is 2.75. The van der Waals surface area contributed by atoms with Crippen molar-refractivity contribution in [1.82, 2.24) is 20.1 Å². The van der Waals surface area contributed by atoms with Crippen molar-refractivity contribution in [2.75, 3.05) is 31.1 Å². The highest BCUT2D eigenvalue weighted by molar-refractivity contribution is 5.79. The molecule has 0 spiro atoms. The maximum atomic E-state index is 12.7. The minimum absolute atomic E-state index is 0.257. The van der Waals surface area contributed by atoms with Crippen molar-refractivity contribution in [3.63, 3.8) is 0 Å². The van der Waals surface area contributed by atoms with Crippen molar-refractivity contribution in [3.8, 4) is 11.4 Å². The summed E-state index contributed by atoms with van der Waals surface area (Å²) in [6, 6.07) is 9.72. The van der Waals surface area contributed by atoms with Crippen LogP contribution in [0.15, 0.2) is 36.5 Å². The number of rotatable bonds is 3. The number of pyridine rings is 1. The van der Waals surface area contributed by atoms with Crippen LogP contribution in [-0.2, 0) is 4.79 Å². The van der Waals surface area contributed by atoms with E-state index < -0.39 is 0 Å². The van der Waals surface area contributed by atoms with Crippen LogP contribution in [0.25, 0.3) is 11.4 Å². The zero-order valence-corrected chi connectivity index (χ0v) is 15.0. The fraction of sp³-hybridized carbons (Fsp3) is 0.500. The Balaban J connectivity index is 1.35. The molecule has 1 aliphatic heterocycles. The molecule has 3 heterocycles. The first kappa shape index (κ1) is 16.9. The second-order valence-corrected chi connectivity index (χ2v) is 7.14. The lowest BCUT2D eigenvalue weighted by atomic mass is 9.88. The lowest BCUT2D eigenvalue weighted by Gasteiger charge is -2.37. The molecule has 0 N–H and O–H groups in total. The SMILES string of the molecule is O=C(C1CCCCC1)N1CCN(c2ccc(-c3ccccn3)nn2)CC1. The Labute approximate surface area is 154 Å². The molecule has 2 aromatic heterocycles. The average molecular weight is 351 g/mol. The second-order valence-electron chi connectivity index (χ2n) is 7.14. The van der Waals surface area contributed by atoms with E-state index in [1.807, 2.05) is 35.2 Å². The van der Waals surface area contributed by atoms with Gasteiger partial charge in [0.05, 0.1) is 5.69 Å². The maximum Gasteiger partial charge on any atom is 0.225 e. The third kappa shape index (κ3) is 3.69. The molecule has 0 atom stereocenters. The van der Waals surface area contributed by atoms with E-state index in [0.29, 0.717) is 5.91 Å². The summed E-state index contributed by atoms with van der Waals surface area (Å²) in [7, 11) is 0. The molecule has 6 nitrogen and oxygen atoms in total. The number of piperazine rings is 1. The molecule has 0 aromatic carbocycles. The molecule has 2 aromatic rings. The Kier molecular flexibility index (Phi) is 5.09. The van der Waals surface area contributed by atoms with Crippen LogP contribution in [0.5, 0.6) is 0 Å². The van der Waals surface area contributed by atoms with Crippen LogP contribution in [0.2, 0.25) is 0 Å². The summed E-state index contributed by atoms with van der Waals surface area (Å²) in [5, 5.41) is 8.69. The molecule has 1 amide bonds. The van der Waals surface area contributed by atoms with E-state index in [0.717, 1.165) is 56.2 Å². The van der Waals surface area contributed by atoms with Crippen molar-refractivity contribution >= 4 is 11.7 Å². The lowest BCUT2D eigenvalue weighted by Crippen LogP contribution is -2.50. The molecule has 2 fully saturated rings. The van der Waals surface area contributed by atoms with Gasteiger partial charge >= 0.3 is 0 Å². The number of anilines is 1. The third-order valence-corrected chi connectivity index (χ3v) is 5.45. The van der Waals surface area contributed by atoms with Gasteiger partial charge in [-0.1, -0.05) is 25.3 Å². The number of nitrogens with zero attached hydrogens (tertiary/aromatic N) is 5. The van der Waals surface area contributed by atoms with Crippen molar-refractivity contribution in [2.24, 2.45) is 5.92 Å². The summed E-state index contributed by atoms with van der Waals surface area (Å²) < 4.78 is 0. The van der Waals surface area contributed by atoms with E-state index in [-0.39, 0.29) is 5.92 Å². The molecular weight excluding hydrogens is 326 g/mol. The Morgan fingerprint density at radius 1 is 0.885 bits per heavy atom. The lowest BCUT2D eigenvalue weighted by molar-refractivity contribution is -0.136. The van der Waals surface area contributed by atoms with Crippen molar-refractivity contribution in [3.05, 3.63) is 36.5 Å². The van der Waals surface area contributed by atoms with Gasteiger partial charge in [0.25, 0.3) is 0 Å². The fourth-order valence-electron chi connectivity index (χ4n) is 3.91. The van der Waals surface area contributed by atoms with Gasteiger partial charge in [0.15, 0.2) is 5.82 Å². The van der Waals surface area contributed by atoms with E-state index in [1.165, 1.54) is 19.3 Å². The third-order valence-electron chi connectivity index (χ3n) is 5.45. The first-order valence-corrected chi connectivity index (χ1v) is 9.60. The van der Waals surface area contributed by atoms with E-state index >= 15 is 0 Å². The van der Waals surface area contributed by atoms with E-state index in [2.05, 4.69) is 20.1 Å². The molecule has 0 radical (unpaired) electrons. The van der Waals surface area contributed by atoms with Crippen LogP contribution in [0.3, 0.4) is 0 Å². The van der Waals surface area contributed by atoms with E-state index in [9.17, 15) is 4.79 Å². The molecule has 2 aliphatic rings. The first-order chi connectivity index (χ1) is 12.8. The predicted molar refractivity (Wildman–Crippen MR) is 101 cm³/mol. The highest BCUT2D eigenvalue weighted by atomic mass is 16.2. The van der Waals surface area contributed by atoms with Gasteiger partial charge < -0.3 is 9.80 Å². The Morgan fingerprint density at radius 3 is 2.35 bits per heavy atom. The first-order valence-electron chi connectivity index (χ1n) is 9.60. The summed E-state index contributed by atoms with van der Waals surface area (Å²) in [6.07, 6.45) is 7.58. The van der Waals surface area contributed by atoms with Crippen LogP contribution in [0, 0.1) is 5.92 Å². The van der Waals surface area contributed by atoms with Gasteiger partial charge in [-0.25, -0.2) is 0 Å². The van der Waals surface area contributed by atoms with E-state index in [1.54, 1.807) is 6.20 Å². The quantitative estimate of drug-likeness (QED) is 0.851. The Bertz CT molecular complexity index is 720. The van der Waals surface area contributed by atoms with Crippen molar-refractivity contribution in [1.29, 1.82) is 0 Å². The molecule has 1 saturated carbocycles. The van der Waals surface area contributed by atoms with Gasteiger partial charge in [0.2, 0.25) is 5.91 Å². The smallest absolute Gasteiger partial charge is 0.225 e. The molecule has 1 aliphatic carbocycles.